The largest absolute Gasteiger partial charge is 0.353 e. The van der Waals surface area contributed by atoms with E-state index < -0.39 is 0 Å². The van der Waals surface area contributed by atoms with E-state index in [2.05, 4.69) is 10.6 Å². The van der Waals surface area contributed by atoms with Crippen LogP contribution in [0, 0.1) is 5.82 Å². The topological polar surface area (TPSA) is 41.1 Å². The molecule has 0 atom stereocenters. The zero-order valence-electron chi connectivity index (χ0n) is 10.4. The molecule has 2 N–H and O–H groups in total. The zero-order valence-corrected chi connectivity index (χ0v) is 10.4. The molecular weight excluding hydrogens is 231 g/mol. The normalized spacial score (nSPS) is 14.5. The van der Waals surface area contributed by atoms with Gasteiger partial charge in [0.25, 0.3) is 0 Å². The molecule has 0 aromatic heterocycles. The minimum atomic E-state index is -0.205. The van der Waals surface area contributed by atoms with E-state index in [4.69, 9.17) is 0 Å². The molecule has 1 aliphatic rings. The van der Waals surface area contributed by atoms with Gasteiger partial charge in [0.05, 0.1) is 0 Å². The molecule has 1 aromatic rings. The van der Waals surface area contributed by atoms with Gasteiger partial charge >= 0.3 is 0 Å². The van der Waals surface area contributed by atoms with E-state index in [0.29, 0.717) is 19.0 Å². The van der Waals surface area contributed by atoms with Crippen LogP contribution in [0.4, 0.5) is 4.39 Å². The first-order chi connectivity index (χ1) is 8.74. The lowest BCUT2D eigenvalue weighted by Crippen LogP contribution is -2.29. The number of amides is 1. The van der Waals surface area contributed by atoms with E-state index in [-0.39, 0.29) is 11.7 Å². The van der Waals surface area contributed by atoms with Crippen LogP contribution in [0.15, 0.2) is 24.3 Å². The monoisotopic (exact) mass is 250 g/mol. The minimum absolute atomic E-state index is 0.131. The van der Waals surface area contributed by atoms with Crippen molar-refractivity contribution in [3.63, 3.8) is 0 Å². The van der Waals surface area contributed by atoms with Crippen LogP contribution in [-0.4, -0.2) is 25.0 Å². The number of rotatable bonds is 7. The van der Waals surface area contributed by atoms with Gasteiger partial charge in [0.15, 0.2) is 0 Å². The molecule has 0 radical (unpaired) electrons. The van der Waals surface area contributed by atoms with Crippen molar-refractivity contribution in [3.8, 4) is 0 Å². The first kappa shape index (κ1) is 13.0. The molecule has 0 spiro atoms. The Hall–Kier alpha value is -1.42. The van der Waals surface area contributed by atoms with Crippen LogP contribution in [0.25, 0.3) is 0 Å². The predicted molar refractivity (Wildman–Crippen MR) is 68.8 cm³/mol. The van der Waals surface area contributed by atoms with Crippen LogP contribution in [-0.2, 0) is 11.2 Å². The molecule has 0 aliphatic heterocycles. The number of halogens is 1. The fourth-order valence-electron chi connectivity index (χ4n) is 1.74. The number of hydrogen-bond donors (Lipinski definition) is 2. The highest BCUT2D eigenvalue weighted by atomic mass is 19.1. The molecule has 18 heavy (non-hydrogen) atoms. The Morgan fingerprint density at radius 1 is 1.22 bits per heavy atom. The highest BCUT2D eigenvalue weighted by Gasteiger charge is 2.22. The summed E-state index contributed by atoms with van der Waals surface area (Å²) in [5.74, 6) is -0.0739. The summed E-state index contributed by atoms with van der Waals surface area (Å²) in [6, 6.07) is 6.96. The molecule has 2 rings (SSSR count). The second-order valence-corrected chi connectivity index (χ2v) is 4.72. The first-order valence-electron chi connectivity index (χ1n) is 6.48. The van der Waals surface area contributed by atoms with Crippen LogP contribution < -0.4 is 10.6 Å². The molecule has 3 nitrogen and oxygen atoms in total. The van der Waals surface area contributed by atoms with Crippen LogP contribution in [0.2, 0.25) is 0 Å². The first-order valence-corrected chi connectivity index (χ1v) is 6.48. The summed E-state index contributed by atoms with van der Waals surface area (Å²) >= 11 is 0. The third kappa shape index (κ3) is 4.84. The van der Waals surface area contributed by atoms with Gasteiger partial charge in [0.2, 0.25) is 5.91 Å². The van der Waals surface area contributed by atoms with Crippen LogP contribution in [0.3, 0.4) is 0 Å². The van der Waals surface area contributed by atoms with E-state index in [1.165, 1.54) is 12.1 Å². The Kier molecular flexibility index (Phi) is 4.70. The van der Waals surface area contributed by atoms with Crippen molar-refractivity contribution in [2.24, 2.45) is 0 Å². The van der Waals surface area contributed by atoms with Crippen molar-refractivity contribution in [1.82, 2.24) is 10.6 Å². The molecular formula is C14H19FN2O. The highest BCUT2D eigenvalue weighted by molar-refractivity contribution is 5.76. The predicted octanol–water partition coefficient (Wildman–Crippen LogP) is 1.63. The summed E-state index contributed by atoms with van der Waals surface area (Å²) in [5, 5.41) is 6.17. The average molecular weight is 250 g/mol. The maximum Gasteiger partial charge on any atom is 0.221 e. The number of hydrogen-bond acceptors (Lipinski definition) is 2. The van der Waals surface area contributed by atoms with Crippen molar-refractivity contribution in [2.75, 3.05) is 13.1 Å². The van der Waals surface area contributed by atoms with Gasteiger partial charge in [0.1, 0.15) is 5.82 Å². The van der Waals surface area contributed by atoms with Gasteiger partial charge < -0.3 is 10.6 Å². The Balaban J connectivity index is 1.52. The third-order valence-electron chi connectivity index (χ3n) is 2.98. The lowest BCUT2D eigenvalue weighted by Gasteiger charge is -2.05. The molecule has 0 bridgehead atoms. The summed E-state index contributed by atoms with van der Waals surface area (Å²) in [6.45, 7) is 1.50. The quantitative estimate of drug-likeness (QED) is 0.722. The van der Waals surface area contributed by atoms with Crippen molar-refractivity contribution in [3.05, 3.63) is 35.6 Å². The highest BCUT2D eigenvalue weighted by Crippen LogP contribution is 2.18. The van der Waals surface area contributed by atoms with Gasteiger partial charge in [0, 0.05) is 19.0 Å². The molecule has 1 aliphatic carbocycles. The summed E-state index contributed by atoms with van der Waals surface area (Å²) in [5.41, 5.74) is 1.10. The van der Waals surface area contributed by atoms with Crippen molar-refractivity contribution >= 4 is 5.91 Å². The molecule has 1 fully saturated rings. The van der Waals surface area contributed by atoms with Crippen molar-refractivity contribution in [2.45, 2.75) is 31.7 Å². The smallest absolute Gasteiger partial charge is 0.221 e. The van der Waals surface area contributed by atoms with Gasteiger partial charge in [-0.3, -0.25) is 4.79 Å². The minimum Gasteiger partial charge on any atom is -0.353 e. The fraction of sp³-hybridized carbons (Fsp3) is 0.500. The Morgan fingerprint density at radius 2 is 1.94 bits per heavy atom. The van der Waals surface area contributed by atoms with Crippen LogP contribution in [0.1, 0.15) is 24.8 Å². The second kappa shape index (κ2) is 6.50. The summed E-state index contributed by atoms with van der Waals surface area (Å²) in [7, 11) is 0. The van der Waals surface area contributed by atoms with E-state index in [1.54, 1.807) is 12.1 Å². The molecule has 1 saturated carbocycles. The lowest BCUT2D eigenvalue weighted by atomic mass is 10.1. The van der Waals surface area contributed by atoms with Crippen molar-refractivity contribution in [1.29, 1.82) is 0 Å². The molecule has 0 unspecified atom stereocenters. The lowest BCUT2D eigenvalue weighted by molar-refractivity contribution is -0.121. The Labute approximate surface area is 107 Å². The van der Waals surface area contributed by atoms with Crippen LogP contribution in [0.5, 0.6) is 0 Å². The Bertz CT molecular complexity index is 387. The SMILES string of the molecule is O=C(CCNCCc1ccc(F)cc1)NC1CC1. The number of carbonyl (C=O) groups excluding carboxylic acids is 1. The van der Waals surface area contributed by atoms with Crippen LogP contribution >= 0.6 is 0 Å². The zero-order chi connectivity index (χ0) is 12.8. The van der Waals surface area contributed by atoms with Gasteiger partial charge in [-0.2, -0.15) is 0 Å². The van der Waals surface area contributed by atoms with E-state index >= 15 is 0 Å². The number of nitrogens with one attached hydrogen (secondary N) is 2. The van der Waals surface area contributed by atoms with E-state index in [0.717, 1.165) is 31.4 Å². The van der Waals surface area contributed by atoms with Gasteiger partial charge in [-0.1, -0.05) is 12.1 Å². The number of benzene rings is 1. The standard InChI is InChI=1S/C14H19FN2O/c15-12-3-1-11(2-4-12)7-9-16-10-8-14(18)17-13-5-6-13/h1-4,13,16H,5-10H2,(H,17,18). The maximum absolute atomic E-state index is 12.7. The van der Waals surface area contributed by atoms with Gasteiger partial charge in [-0.05, 0) is 43.5 Å². The second-order valence-electron chi connectivity index (χ2n) is 4.72. The third-order valence-corrected chi connectivity index (χ3v) is 2.98. The molecule has 4 heteroatoms. The van der Waals surface area contributed by atoms with Gasteiger partial charge in [-0.25, -0.2) is 4.39 Å². The van der Waals surface area contributed by atoms with Crippen molar-refractivity contribution < 1.29 is 9.18 Å². The fourth-order valence-corrected chi connectivity index (χ4v) is 1.74. The molecule has 0 heterocycles. The Morgan fingerprint density at radius 3 is 2.61 bits per heavy atom. The van der Waals surface area contributed by atoms with Gasteiger partial charge in [-0.15, -0.1) is 0 Å². The number of carbonyl (C=O) groups is 1. The van der Waals surface area contributed by atoms with E-state index in [1.807, 2.05) is 0 Å². The molecule has 1 aromatic carbocycles. The summed E-state index contributed by atoms with van der Waals surface area (Å²) in [4.78, 5) is 11.4. The average Bonchev–Trinajstić information content (AvgIpc) is 3.15. The van der Waals surface area contributed by atoms with E-state index in [9.17, 15) is 9.18 Å². The molecule has 1 amide bonds. The molecule has 0 saturated heterocycles. The summed E-state index contributed by atoms with van der Waals surface area (Å²) in [6.07, 6.45) is 3.64. The maximum atomic E-state index is 12.7. The molecule has 98 valence electrons. The summed E-state index contributed by atoms with van der Waals surface area (Å²) < 4.78 is 12.7.